The second-order valence-corrected chi connectivity index (χ2v) is 5.25. The van der Waals surface area contributed by atoms with Crippen LogP contribution in [0, 0.1) is 5.41 Å². The van der Waals surface area contributed by atoms with Crippen molar-refractivity contribution in [3.63, 3.8) is 0 Å². The highest BCUT2D eigenvalue weighted by Gasteiger charge is 2.27. The van der Waals surface area contributed by atoms with Crippen molar-refractivity contribution in [1.82, 2.24) is 15.5 Å². The fourth-order valence-corrected chi connectivity index (χ4v) is 1.81. The van der Waals surface area contributed by atoms with Crippen LogP contribution in [0.4, 0.5) is 0 Å². The van der Waals surface area contributed by atoms with Crippen LogP contribution in [0.3, 0.4) is 0 Å². The maximum atomic E-state index is 4.50. The molecule has 0 spiro atoms. The van der Waals surface area contributed by atoms with Gasteiger partial charge in [0, 0.05) is 31.6 Å². The number of guanidine groups is 1. The molecule has 0 aromatic rings. The second-order valence-electron chi connectivity index (χ2n) is 5.25. The zero-order chi connectivity index (χ0) is 10.2. The number of nitrogens with zero attached hydrogens (tertiary/aromatic N) is 2. The Morgan fingerprint density at radius 2 is 2.21 bits per heavy atom. The lowest BCUT2D eigenvalue weighted by Gasteiger charge is -2.39. The molecule has 14 heavy (non-hydrogen) atoms. The van der Waals surface area contributed by atoms with Crippen LogP contribution >= 0.6 is 0 Å². The SMILES string of the molecule is CN1CC(NC2=NCC(C)(C)CN2)C1. The molecular formula is C10H20N4. The lowest BCUT2D eigenvalue weighted by molar-refractivity contribution is 0.176. The third-order valence-electron chi connectivity index (χ3n) is 2.80. The van der Waals surface area contributed by atoms with E-state index in [0.717, 1.165) is 32.1 Å². The molecule has 2 N–H and O–H groups in total. The first-order valence-electron chi connectivity index (χ1n) is 5.29. The van der Waals surface area contributed by atoms with Gasteiger partial charge in [0.2, 0.25) is 0 Å². The summed E-state index contributed by atoms with van der Waals surface area (Å²) in [5, 5.41) is 6.76. The number of aliphatic imine (C=N–C) groups is 1. The van der Waals surface area contributed by atoms with Crippen molar-refractivity contribution < 1.29 is 0 Å². The van der Waals surface area contributed by atoms with Crippen LogP contribution in [0.2, 0.25) is 0 Å². The van der Waals surface area contributed by atoms with Gasteiger partial charge in [-0.15, -0.1) is 0 Å². The first-order valence-corrected chi connectivity index (χ1v) is 5.29. The van der Waals surface area contributed by atoms with Gasteiger partial charge in [-0.1, -0.05) is 13.8 Å². The van der Waals surface area contributed by atoms with Gasteiger partial charge in [-0.05, 0) is 7.05 Å². The molecule has 2 rings (SSSR count). The van der Waals surface area contributed by atoms with E-state index in [9.17, 15) is 0 Å². The van der Waals surface area contributed by atoms with E-state index < -0.39 is 0 Å². The summed E-state index contributed by atoms with van der Waals surface area (Å²) < 4.78 is 0. The van der Waals surface area contributed by atoms with Crippen LogP contribution in [0.25, 0.3) is 0 Å². The Labute approximate surface area is 85.8 Å². The molecule has 0 radical (unpaired) electrons. The summed E-state index contributed by atoms with van der Waals surface area (Å²) in [5.74, 6) is 0.988. The minimum Gasteiger partial charge on any atom is -0.356 e. The predicted molar refractivity (Wildman–Crippen MR) is 58.5 cm³/mol. The summed E-state index contributed by atoms with van der Waals surface area (Å²) in [6.45, 7) is 8.66. The normalized spacial score (nSPS) is 27.5. The number of hydrogen-bond donors (Lipinski definition) is 2. The number of likely N-dealkylation sites (tertiary alicyclic amines) is 1. The third kappa shape index (κ3) is 2.18. The monoisotopic (exact) mass is 196 g/mol. The molecule has 4 heteroatoms. The highest BCUT2D eigenvalue weighted by molar-refractivity contribution is 5.80. The van der Waals surface area contributed by atoms with Crippen LogP contribution in [0.1, 0.15) is 13.8 Å². The Morgan fingerprint density at radius 3 is 2.71 bits per heavy atom. The lowest BCUT2D eigenvalue weighted by Crippen LogP contribution is -2.61. The number of likely N-dealkylation sites (N-methyl/N-ethyl adjacent to an activating group) is 1. The zero-order valence-corrected chi connectivity index (χ0v) is 9.30. The number of rotatable bonds is 1. The quantitative estimate of drug-likeness (QED) is 0.614. The molecule has 2 aliphatic rings. The van der Waals surface area contributed by atoms with Crippen molar-refractivity contribution in [1.29, 1.82) is 0 Å². The summed E-state index contributed by atoms with van der Waals surface area (Å²) in [6.07, 6.45) is 0. The van der Waals surface area contributed by atoms with Gasteiger partial charge in [0.25, 0.3) is 0 Å². The van der Waals surface area contributed by atoms with Gasteiger partial charge in [0.15, 0.2) is 5.96 Å². The van der Waals surface area contributed by atoms with Gasteiger partial charge in [-0.25, -0.2) is 0 Å². The minimum atomic E-state index is 0.307. The Morgan fingerprint density at radius 1 is 1.50 bits per heavy atom. The smallest absolute Gasteiger partial charge is 0.191 e. The van der Waals surface area contributed by atoms with E-state index in [1.165, 1.54) is 0 Å². The van der Waals surface area contributed by atoms with Crippen molar-refractivity contribution in [3.05, 3.63) is 0 Å². The average molecular weight is 196 g/mol. The molecule has 0 bridgehead atoms. The molecule has 0 atom stereocenters. The molecule has 1 saturated heterocycles. The third-order valence-corrected chi connectivity index (χ3v) is 2.80. The van der Waals surface area contributed by atoms with Crippen LogP contribution in [0.15, 0.2) is 4.99 Å². The molecule has 0 amide bonds. The Kier molecular flexibility index (Phi) is 2.39. The lowest BCUT2D eigenvalue weighted by atomic mass is 9.93. The maximum absolute atomic E-state index is 4.50. The van der Waals surface area contributed by atoms with Crippen molar-refractivity contribution in [2.75, 3.05) is 33.2 Å². The molecule has 2 aliphatic heterocycles. The minimum absolute atomic E-state index is 0.307. The maximum Gasteiger partial charge on any atom is 0.191 e. The Bertz CT molecular complexity index is 241. The van der Waals surface area contributed by atoms with E-state index in [1.807, 2.05) is 0 Å². The molecule has 1 fully saturated rings. The molecular weight excluding hydrogens is 176 g/mol. The molecule has 0 aliphatic carbocycles. The standard InChI is InChI=1S/C10H20N4/c1-10(2)6-11-9(12-7-10)13-8-4-14(3)5-8/h8H,4-7H2,1-3H3,(H2,11,12,13). The first kappa shape index (κ1) is 9.77. The summed E-state index contributed by atoms with van der Waals surface area (Å²) >= 11 is 0. The molecule has 0 aromatic carbocycles. The van der Waals surface area contributed by atoms with Gasteiger partial charge >= 0.3 is 0 Å². The fourth-order valence-electron chi connectivity index (χ4n) is 1.81. The van der Waals surface area contributed by atoms with Gasteiger partial charge < -0.3 is 15.5 Å². The predicted octanol–water partition coefficient (Wildman–Crippen LogP) is -0.125. The highest BCUT2D eigenvalue weighted by atomic mass is 15.3. The van der Waals surface area contributed by atoms with Crippen molar-refractivity contribution in [2.24, 2.45) is 10.4 Å². The van der Waals surface area contributed by atoms with Gasteiger partial charge in [-0.3, -0.25) is 4.99 Å². The van der Waals surface area contributed by atoms with Gasteiger partial charge in [0.05, 0.1) is 6.04 Å². The highest BCUT2D eigenvalue weighted by Crippen LogP contribution is 2.16. The number of hydrogen-bond acceptors (Lipinski definition) is 4. The summed E-state index contributed by atoms with van der Waals surface area (Å²) in [6, 6.07) is 0.590. The van der Waals surface area contributed by atoms with Crippen LogP contribution < -0.4 is 10.6 Å². The van der Waals surface area contributed by atoms with Crippen LogP contribution in [-0.2, 0) is 0 Å². The largest absolute Gasteiger partial charge is 0.356 e. The van der Waals surface area contributed by atoms with Gasteiger partial charge in [-0.2, -0.15) is 0 Å². The molecule has 0 unspecified atom stereocenters. The molecule has 0 aromatic heterocycles. The summed E-state index contributed by atoms with van der Waals surface area (Å²) in [5.41, 5.74) is 0.307. The van der Waals surface area contributed by atoms with Crippen molar-refractivity contribution in [3.8, 4) is 0 Å². The van der Waals surface area contributed by atoms with Gasteiger partial charge in [0.1, 0.15) is 0 Å². The topological polar surface area (TPSA) is 39.7 Å². The first-order chi connectivity index (χ1) is 6.55. The fraction of sp³-hybridized carbons (Fsp3) is 0.900. The number of nitrogens with one attached hydrogen (secondary N) is 2. The molecule has 2 heterocycles. The van der Waals surface area contributed by atoms with E-state index in [-0.39, 0.29) is 0 Å². The summed E-state index contributed by atoms with van der Waals surface area (Å²) in [7, 11) is 2.14. The molecule has 4 nitrogen and oxygen atoms in total. The zero-order valence-electron chi connectivity index (χ0n) is 9.30. The Hall–Kier alpha value is -0.770. The van der Waals surface area contributed by atoms with E-state index in [2.05, 4.69) is 41.4 Å². The van der Waals surface area contributed by atoms with E-state index >= 15 is 0 Å². The van der Waals surface area contributed by atoms with Crippen LogP contribution in [-0.4, -0.2) is 50.1 Å². The summed E-state index contributed by atoms with van der Waals surface area (Å²) in [4.78, 5) is 6.80. The Balaban J connectivity index is 1.80. The second kappa shape index (κ2) is 3.42. The van der Waals surface area contributed by atoms with E-state index in [1.54, 1.807) is 0 Å². The van der Waals surface area contributed by atoms with Crippen molar-refractivity contribution >= 4 is 5.96 Å². The van der Waals surface area contributed by atoms with E-state index in [0.29, 0.717) is 11.5 Å². The van der Waals surface area contributed by atoms with E-state index in [4.69, 9.17) is 0 Å². The van der Waals surface area contributed by atoms with Crippen LogP contribution in [0.5, 0.6) is 0 Å². The molecule has 80 valence electrons. The van der Waals surface area contributed by atoms with Crippen molar-refractivity contribution in [2.45, 2.75) is 19.9 Å². The molecule has 0 saturated carbocycles. The average Bonchev–Trinajstić information content (AvgIpc) is 2.06.